The first-order chi connectivity index (χ1) is 8.18. The Kier molecular flexibility index (Phi) is 3.49. The zero-order valence-corrected chi connectivity index (χ0v) is 9.28. The summed E-state index contributed by atoms with van der Waals surface area (Å²) in [5.74, 6) is -1.10. The average molecular weight is 238 g/mol. The van der Waals surface area contributed by atoms with Crippen molar-refractivity contribution in [3.05, 3.63) is 53.4 Å². The van der Waals surface area contributed by atoms with E-state index in [9.17, 15) is 8.78 Å². The van der Waals surface area contributed by atoms with Gasteiger partial charge in [-0.2, -0.15) is 0 Å². The van der Waals surface area contributed by atoms with Crippen LogP contribution >= 0.6 is 0 Å². The second-order valence-corrected chi connectivity index (χ2v) is 3.73. The zero-order chi connectivity index (χ0) is 12.3. The van der Waals surface area contributed by atoms with Crippen LogP contribution < -0.4 is 5.32 Å². The molecule has 0 amide bonds. The van der Waals surface area contributed by atoms with Crippen molar-refractivity contribution in [1.82, 2.24) is 10.5 Å². The second kappa shape index (κ2) is 5.05. The smallest absolute Gasteiger partial charge is 0.130 e. The molecule has 0 radical (unpaired) electrons. The highest BCUT2D eigenvalue weighted by Crippen LogP contribution is 2.20. The molecule has 90 valence electrons. The van der Waals surface area contributed by atoms with Crippen molar-refractivity contribution < 1.29 is 13.3 Å². The summed E-state index contributed by atoms with van der Waals surface area (Å²) in [6.45, 7) is 2.09. The second-order valence-electron chi connectivity index (χ2n) is 3.73. The molecule has 1 atom stereocenters. The number of aromatic nitrogens is 1. The monoisotopic (exact) mass is 238 g/mol. The summed E-state index contributed by atoms with van der Waals surface area (Å²) in [7, 11) is 0. The van der Waals surface area contributed by atoms with Crippen LogP contribution in [0.2, 0.25) is 0 Å². The van der Waals surface area contributed by atoms with Crippen molar-refractivity contribution in [2.45, 2.75) is 19.5 Å². The van der Waals surface area contributed by atoms with Gasteiger partial charge in [-0.15, -0.1) is 0 Å². The molecule has 5 heteroatoms. The van der Waals surface area contributed by atoms with Gasteiger partial charge < -0.3 is 9.84 Å². The van der Waals surface area contributed by atoms with Gasteiger partial charge in [0.15, 0.2) is 0 Å². The minimum Gasteiger partial charge on any atom is -0.364 e. The van der Waals surface area contributed by atoms with Crippen molar-refractivity contribution in [1.29, 1.82) is 0 Å². The van der Waals surface area contributed by atoms with Crippen LogP contribution in [0.5, 0.6) is 0 Å². The molecule has 17 heavy (non-hydrogen) atoms. The lowest BCUT2D eigenvalue weighted by Gasteiger charge is -2.14. The fraction of sp³-hybridized carbons (Fsp3) is 0.250. The van der Waals surface area contributed by atoms with E-state index in [4.69, 9.17) is 0 Å². The largest absolute Gasteiger partial charge is 0.364 e. The molecule has 0 aliphatic carbocycles. The van der Waals surface area contributed by atoms with Crippen molar-refractivity contribution in [3.8, 4) is 0 Å². The van der Waals surface area contributed by atoms with Crippen LogP contribution in [-0.2, 0) is 6.54 Å². The average Bonchev–Trinajstić information content (AvgIpc) is 2.79. The Labute approximate surface area is 97.4 Å². The van der Waals surface area contributed by atoms with Gasteiger partial charge >= 0.3 is 0 Å². The highest BCUT2D eigenvalue weighted by molar-refractivity contribution is 5.22. The summed E-state index contributed by atoms with van der Waals surface area (Å²) >= 11 is 0. The van der Waals surface area contributed by atoms with E-state index >= 15 is 0 Å². The van der Waals surface area contributed by atoms with Crippen molar-refractivity contribution in [2.24, 2.45) is 0 Å². The lowest BCUT2D eigenvalue weighted by atomic mass is 10.1. The number of rotatable bonds is 4. The lowest BCUT2D eigenvalue weighted by Crippen LogP contribution is -2.20. The zero-order valence-electron chi connectivity index (χ0n) is 9.28. The molecule has 0 saturated heterocycles. The van der Waals surface area contributed by atoms with E-state index < -0.39 is 17.7 Å². The van der Waals surface area contributed by atoms with Crippen molar-refractivity contribution in [2.75, 3.05) is 0 Å². The first-order valence-corrected chi connectivity index (χ1v) is 5.25. The standard InChI is InChI=1S/C12H12F2N2O/c1-8(15-7-9-5-6-17-16-9)12-10(13)3-2-4-11(12)14/h2-6,8,15H,7H2,1H3. The van der Waals surface area contributed by atoms with Gasteiger partial charge in [-0.25, -0.2) is 8.78 Å². The van der Waals surface area contributed by atoms with Crippen LogP contribution in [0.1, 0.15) is 24.2 Å². The number of nitrogens with one attached hydrogen (secondary N) is 1. The normalized spacial score (nSPS) is 12.6. The minimum atomic E-state index is -0.551. The maximum atomic E-state index is 13.5. The number of hydrogen-bond donors (Lipinski definition) is 1. The van der Waals surface area contributed by atoms with Gasteiger partial charge in [0, 0.05) is 24.2 Å². The van der Waals surface area contributed by atoms with Crippen molar-refractivity contribution >= 4 is 0 Å². The summed E-state index contributed by atoms with van der Waals surface area (Å²) in [5.41, 5.74) is 0.726. The summed E-state index contributed by atoms with van der Waals surface area (Å²) in [6.07, 6.45) is 1.45. The predicted molar refractivity (Wildman–Crippen MR) is 58.1 cm³/mol. The van der Waals surface area contributed by atoms with Crippen LogP contribution in [0, 0.1) is 11.6 Å². The van der Waals surface area contributed by atoms with Gasteiger partial charge in [0.2, 0.25) is 0 Å². The van der Waals surface area contributed by atoms with E-state index in [1.165, 1.54) is 24.5 Å². The van der Waals surface area contributed by atoms with Crippen LogP contribution in [0.15, 0.2) is 35.1 Å². The number of halogens is 2. The molecule has 1 unspecified atom stereocenters. The Morgan fingerprint density at radius 2 is 2.00 bits per heavy atom. The van der Waals surface area contributed by atoms with Gasteiger partial charge in [-0.05, 0) is 19.1 Å². The van der Waals surface area contributed by atoms with E-state index in [1.807, 2.05) is 0 Å². The van der Waals surface area contributed by atoms with Crippen LogP contribution in [-0.4, -0.2) is 5.16 Å². The van der Waals surface area contributed by atoms with E-state index in [1.54, 1.807) is 13.0 Å². The van der Waals surface area contributed by atoms with Crippen LogP contribution in [0.4, 0.5) is 8.78 Å². The highest BCUT2D eigenvalue weighted by atomic mass is 19.1. The van der Waals surface area contributed by atoms with Gasteiger partial charge in [0.1, 0.15) is 17.9 Å². The van der Waals surface area contributed by atoms with E-state index in [0.717, 1.165) is 0 Å². The molecule has 0 saturated carbocycles. The molecule has 0 aliphatic rings. The van der Waals surface area contributed by atoms with Crippen LogP contribution in [0.25, 0.3) is 0 Å². The minimum absolute atomic E-state index is 0.0380. The van der Waals surface area contributed by atoms with Crippen molar-refractivity contribution in [3.63, 3.8) is 0 Å². The van der Waals surface area contributed by atoms with Gasteiger partial charge in [-0.3, -0.25) is 0 Å². The molecule has 1 aromatic carbocycles. The third-order valence-electron chi connectivity index (χ3n) is 2.51. The molecular formula is C12H12F2N2O. The van der Waals surface area contributed by atoms with Gasteiger partial charge in [0.05, 0.1) is 5.69 Å². The maximum Gasteiger partial charge on any atom is 0.130 e. The summed E-state index contributed by atoms with van der Waals surface area (Å²) in [4.78, 5) is 0. The van der Waals surface area contributed by atoms with Gasteiger partial charge in [-0.1, -0.05) is 11.2 Å². The number of hydrogen-bond acceptors (Lipinski definition) is 3. The van der Waals surface area contributed by atoms with Crippen LogP contribution in [0.3, 0.4) is 0 Å². The molecular weight excluding hydrogens is 226 g/mol. The molecule has 0 fully saturated rings. The Hall–Kier alpha value is -1.75. The third kappa shape index (κ3) is 2.68. The van der Waals surface area contributed by atoms with E-state index in [-0.39, 0.29) is 5.56 Å². The number of nitrogens with zero attached hydrogens (tertiary/aromatic N) is 1. The SMILES string of the molecule is CC(NCc1ccon1)c1c(F)cccc1F. The summed E-state index contributed by atoms with van der Waals surface area (Å²) < 4.78 is 31.6. The highest BCUT2D eigenvalue weighted by Gasteiger charge is 2.15. The summed E-state index contributed by atoms with van der Waals surface area (Å²) in [6, 6.07) is 5.09. The third-order valence-corrected chi connectivity index (χ3v) is 2.51. The summed E-state index contributed by atoms with van der Waals surface area (Å²) in [5, 5.41) is 6.68. The Morgan fingerprint density at radius 1 is 1.29 bits per heavy atom. The molecule has 2 aromatic rings. The Morgan fingerprint density at radius 3 is 2.59 bits per heavy atom. The molecule has 1 heterocycles. The van der Waals surface area contributed by atoms with Gasteiger partial charge in [0.25, 0.3) is 0 Å². The maximum absolute atomic E-state index is 13.5. The number of benzene rings is 1. The molecule has 0 spiro atoms. The molecule has 1 N–H and O–H groups in total. The fourth-order valence-electron chi connectivity index (χ4n) is 1.61. The quantitative estimate of drug-likeness (QED) is 0.890. The molecule has 1 aromatic heterocycles. The lowest BCUT2D eigenvalue weighted by molar-refractivity contribution is 0.404. The topological polar surface area (TPSA) is 38.1 Å². The Balaban J connectivity index is 2.07. The Bertz CT molecular complexity index is 465. The molecule has 0 aliphatic heterocycles. The molecule has 2 rings (SSSR count). The molecule has 3 nitrogen and oxygen atoms in total. The molecule has 0 bridgehead atoms. The fourth-order valence-corrected chi connectivity index (χ4v) is 1.61. The van der Waals surface area contributed by atoms with E-state index in [0.29, 0.717) is 12.2 Å². The van der Waals surface area contributed by atoms with E-state index in [2.05, 4.69) is 15.0 Å². The first kappa shape index (κ1) is 11.7. The first-order valence-electron chi connectivity index (χ1n) is 5.25. The predicted octanol–water partition coefficient (Wildman–Crippen LogP) is 2.80.